The van der Waals surface area contributed by atoms with Crippen molar-refractivity contribution in [1.29, 1.82) is 0 Å². The fraction of sp³-hybridized carbons (Fsp3) is 0.579. The molecule has 0 bridgehead atoms. The molecule has 0 saturated heterocycles. The Labute approximate surface area is 185 Å². The predicted molar refractivity (Wildman–Crippen MR) is 117 cm³/mol. The number of hydrogen-bond acceptors (Lipinski definition) is 8. The van der Waals surface area contributed by atoms with Gasteiger partial charge in [-0.15, -0.1) is 0 Å². The summed E-state index contributed by atoms with van der Waals surface area (Å²) in [6.45, 7) is 2.85. The van der Waals surface area contributed by atoms with Crippen LogP contribution in [0.2, 0.25) is 0 Å². The van der Waals surface area contributed by atoms with Crippen molar-refractivity contribution in [2.45, 2.75) is 50.0 Å². The summed E-state index contributed by atoms with van der Waals surface area (Å²) in [4.78, 5) is 2.88. The lowest BCUT2D eigenvalue weighted by Crippen LogP contribution is -2.41. The van der Waals surface area contributed by atoms with Gasteiger partial charge in [-0.3, -0.25) is 4.72 Å². The molecule has 0 radical (unpaired) electrons. The van der Waals surface area contributed by atoms with Crippen LogP contribution in [0.1, 0.15) is 39.0 Å². The van der Waals surface area contributed by atoms with Crippen molar-refractivity contribution in [2.75, 3.05) is 23.1 Å². The summed E-state index contributed by atoms with van der Waals surface area (Å²) in [5.74, 6) is -1.91. The smallest absolute Gasteiger partial charge is 0.266 e. The largest absolute Gasteiger partial charge is 0.382 e. The van der Waals surface area contributed by atoms with Gasteiger partial charge in [0.15, 0.2) is 0 Å². The number of sulfonamides is 1. The van der Waals surface area contributed by atoms with Gasteiger partial charge >= 0.3 is 0 Å². The summed E-state index contributed by atoms with van der Waals surface area (Å²) in [5.41, 5.74) is 12.0. The van der Waals surface area contributed by atoms with Crippen LogP contribution in [0.5, 0.6) is 0 Å². The third-order valence-corrected chi connectivity index (χ3v) is 8.04. The minimum atomic E-state index is -4.34. The number of rotatable bonds is 11. The second-order valence-corrected chi connectivity index (χ2v) is 10.6. The zero-order valence-corrected chi connectivity index (χ0v) is 18.9. The first-order valence-electron chi connectivity index (χ1n) is 10.1. The lowest BCUT2D eigenvalue weighted by atomic mass is 9.61. The van der Waals surface area contributed by atoms with E-state index in [0.29, 0.717) is 19.2 Å². The monoisotopic (exact) mass is 474 g/mol. The predicted octanol–water partition coefficient (Wildman–Crippen LogP) is 2.90. The summed E-state index contributed by atoms with van der Waals surface area (Å²) in [6.07, 6.45) is 6.31. The molecule has 31 heavy (non-hydrogen) atoms. The first kappa shape index (κ1) is 23.8. The molecule has 1 aromatic carbocycles. The molecule has 6 N–H and O–H groups in total. The number of aromatic nitrogens is 2. The van der Waals surface area contributed by atoms with E-state index in [2.05, 4.69) is 19.4 Å². The van der Waals surface area contributed by atoms with Crippen LogP contribution in [0.25, 0.3) is 0 Å². The van der Waals surface area contributed by atoms with Crippen molar-refractivity contribution < 1.29 is 17.2 Å². The summed E-state index contributed by atoms with van der Waals surface area (Å²) in [5, 5.41) is 2.87. The third kappa shape index (κ3) is 5.68. The lowest BCUT2D eigenvalue weighted by molar-refractivity contribution is 0.0816. The molecule has 1 heterocycles. The molecule has 1 fully saturated rings. The minimum Gasteiger partial charge on any atom is -0.382 e. The standard InChI is InChI=1S/C19H28F2N6O2S2/c1-12(23)13(9-19(5-6-22)3-2-4-19)10-24-16-7-15(21)17(8-14(16)20)31(28,29)27-18-25-11-26-30-18/h7-8,11-13,24H,2-6,9-10,22-23H2,1H3,(H,25,26,27)/t12-,13+/m1/s1. The van der Waals surface area contributed by atoms with Crippen LogP contribution < -0.4 is 21.5 Å². The molecule has 2 atom stereocenters. The molecule has 3 rings (SSSR count). The van der Waals surface area contributed by atoms with E-state index in [1.807, 2.05) is 6.92 Å². The number of halogens is 2. The summed E-state index contributed by atoms with van der Waals surface area (Å²) in [6, 6.07) is 1.36. The highest BCUT2D eigenvalue weighted by atomic mass is 32.2. The number of anilines is 2. The van der Waals surface area contributed by atoms with E-state index in [0.717, 1.165) is 49.6 Å². The normalized spacial score (nSPS) is 17.6. The first-order valence-corrected chi connectivity index (χ1v) is 12.4. The molecule has 8 nitrogen and oxygen atoms in total. The van der Waals surface area contributed by atoms with E-state index in [9.17, 15) is 17.2 Å². The third-order valence-electron chi connectivity index (χ3n) is 5.98. The van der Waals surface area contributed by atoms with Crippen molar-refractivity contribution in [1.82, 2.24) is 9.36 Å². The van der Waals surface area contributed by atoms with Gasteiger partial charge in [0.1, 0.15) is 22.9 Å². The average Bonchev–Trinajstić information content (AvgIpc) is 3.16. The fourth-order valence-electron chi connectivity index (χ4n) is 4.04. The Bertz CT molecular complexity index is 982. The van der Waals surface area contributed by atoms with E-state index in [1.165, 1.54) is 6.42 Å². The Balaban J connectivity index is 1.72. The number of benzene rings is 1. The summed E-state index contributed by atoms with van der Waals surface area (Å²) < 4.78 is 59.7. The first-order chi connectivity index (χ1) is 14.7. The second-order valence-electron chi connectivity index (χ2n) is 8.21. The van der Waals surface area contributed by atoms with Crippen LogP contribution in [-0.4, -0.2) is 36.9 Å². The highest BCUT2D eigenvalue weighted by Gasteiger charge is 2.38. The Morgan fingerprint density at radius 3 is 2.58 bits per heavy atom. The van der Waals surface area contributed by atoms with Crippen molar-refractivity contribution in [3.05, 3.63) is 30.1 Å². The maximum Gasteiger partial charge on any atom is 0.266 e. The van der Waals surface area contributed by atoms with Gasteiger partial charge in [-0.05, 0) is 56.6 Å². The number of nitrogens with zero attached hydrogens (tertiary/aromatic N) is 2. The van der Waals surface area contributed by atoms with Gasteiger partial charge in [0.25, 0.3) is 10.0 Å². The maximum atomic E-state index is 14.6. The van der Waals surface area contributed by atoms with E-state index < -0.39 is 26.6 Å². The van der Waals surface area contributed by atoms with Crippen LogP contribution in [0.4, 0.5) is 19.6 Å². The maximum absolute atomic E-state index is 14.6. The van der Waals surface area contributed by atoms with Crippen molar-refractivity contribution in [2.24, 2.45) is 22.8 Å². The molecule has 1 aromatic heterocycles. The van der Waals surface area contributed by atoms with Crippen LogP contribution in [0.15, 0.2) is 23.4 Å². The Morgan fingerprint density at radius 1 is 1.29 bits per heavy atom. The van der Waals surface area contributed by atoms with E-state index in [1.54, 1.807) is 0 Å². The lowest BCUT2D eigenvalue weighted by Gasteiger charge is -2.45. The van der Waals surface area contributed by atoms with Crippen molar-refractivity contribution >= 4 is 32.4 Å². The quantitative estimate of drug-likeness (QED) is 0.393. The van der Waals surface area contributed by atoms with Gasteiger partial charge < -0.3 is 16.8 Å². The molecule has 0 aliphatic heterocycles. The van der Waals surface area contributed by atoms with Crippen LogP contribution in [0, 0.1) is 23.0 Å². The number of nitrogens with one attached hydrogen (secondary N) is 2. The summed E-state index contributed by atoms with van der Waals surface area (Å²) >= 11 is 0.786. The minimum absolute atomic E-state index is 0.0378. The average molecular weight is 475 g/mol. The topological polar surface area (TPSA) is 136 Å². The molecular weight excluding hydrogens is 446 g/mol. The summed E-state index contributed by atoms with van der Waals surface area (Å²) in [7, 11) is -4.34. The molecule has 0 amide bonds. The number of nitrogens with two attached hydrogens (primary N) is 2. The Kier molecular flexibility index (Phi) is 7.45. The Hall–Kier alpha value is -1.89. The van der Waals surface area contributed by atoms with Crippen molar-refractivity contribution in [3.8, 4) is 0 Å². The van der Waals surface area contributed by atoms with Crippen LogP contribution in [-0.2, 0) is 10.0 Å². The van der Waals surface area contributed by atoms with E-state index >= 15 is 0 Å². The highest BCUT2D eigenvalue weighted by Crippen LogP contribution is 2.48. The van der Waals surface area contributed by atoms with Crippen molar-refractivity contribution in [3.63, 3.8) is 0 Å². The van der Waals surface area contributed by atoms with Gasteiger partial charge in [-0.2, -0.15) is 4.37 Å². The van der Waals surface area contributed by atoms with Gasteiger partial charge in [-0.1, -0.05) is 6.42 Å². The number of hydrogen-bond donors (Lipinski definition) is 4. The van der Waals surface area contributed by atoms with E-state index in [4.69, 9.17) is 11.5 Å². The Morgan fingerprint density at radius 2 is 2.03 bits per heavy atom. The molecule has 1 aliphatic carbocycles. The molecule has 12 heteroatoms. The van der Waals surface area contributed by atoms with Gasteiger partial charge in [0, 0.05) is 30.2 Å². The zero-order valence-electron chi connectivity index (χ0n) is 17.3. The highest BCUT2D eigenvalue weighted by molar-refractivity contribution is 7.93. The van der Waals surface area contributed by atoms with Crippen LogP contribution in [0.3, 0.4) is 0 Å². The fourth-order valence-corrected chi connectivity index (χ4v) is 5.77. The van der Waals surface area contributed by atoms with Crippen LogP contribution >= 0.6 is 11.5 Å². The molecule has 1 aliphatic rings. The van der Waals surface area contributed by atoms with Gasteiger partial charge in [0.2, 0.25) is 5.13 Å². The second kappa shape index (κ2) is 9.72. The molecule has 2 aromatic rings. The molecule has 0 spiro atoms. The van der Waals surface area contributed by atoms with E-state index in [-0.39, 0.29) is 28.2 Å². The van der Waals surface area contributed by atoms with Gasteiger partial charge in [-0.25, -0.2) is 22.2 Å². The zero-order chi connectivity index (χ0) is 22.6. The molecule has 0 unspecified atom stereocenters. The molecular formula is C19H28F2N6O2S2. The molecule has 172 valence electrons. The molecule has 1 saturated carbocycles. The van der Waals surface area contributed by atoms with Gasteiger partial charge in [0.05, 0.1) is 5.69 Å². The SMILES string of the molecule is C[C@@H](N)[C@H](CNc1cc(F)c(S(=O)(=O)Nc2ncns2)cc1F)CC1(CCN)CCC1.